The van der Waals surface area contributed by atoms with Crippen molar-refractivity contribution in [3.05, 3.63) is 141 Å². The van der Waals surface area contributed by atoms with Crippen LogP contribution in [0.15, 0.2) is 97.1 Å². The summed E-state index contributed by atoms with van der Waals surface area (Å²) in [7, 11) is 0. The number of carbonyl (C=O) groups excluding carboxylic acids is 4. The molecule has 0 spiro atoms. The topological polar surface area (TPSA) is 124 Å². The number of hydrogen-bond donors (Lipinski definition) is 0. The van der Waals surface area contributed by atoms with Gasteiger partial charge >= 0.3 is 5.97 Å². The second kappa shape index (κ2) is 9.83. The van der Waals surface area contributed by atoms with Crippen molar-refractivity contribution in [2.45, 2.75) is 9.75 Å². The normalized spacial score (nSPS) is 24.4. The van der Waals surface area contributed by atoms with E-state index in [0.29, 0.717) is 22.3 Å². The van der Waals surface area contributed by atoms with E-state index >= 15 is 0 Å². The lowest BCUT2D eigenvalue weighted by molar-refractivity contribution is -0.384. The number of non-ortho nitro benzene ring substituents is 1. The van der Waals surface area contributed by atoms with E-state index in [9.17, 15) is 29.3 Å². The number of nitro benzene ring substituents is 1. The number of anilines is 1. The van der Waals surface area contributed by atoms with Crippen LogP contribution in [0.2, 0.25) is 0 Å². The number of halogens is 2. The number of benzene rings is 4. The van der Waals surface area contributed by atoms with E-state index in [2.05, 4.69) is 0 Å². The van der Waals surface area contributed by atoms with Crippen molar-refractivity contribution >= 4 is 58.1 Å². The van der Waals surface area contributed by atoms with Gasteiger partial charge in [0.2, 0.25) is 11.8 Å². The zero-order valence-electron chi connectivity index (χ0n) is 22.6. The summed E-state index contributed by atoms with van der Waals surface area (Å²) in [6.07, 6.45) is 0. The van der Waals surface area contributed by atoms with Crippen LogP contribution in [-0.2, 0) is 24.1 Å². The molecule has 3 aliphatic carbocycles. The van der Waals surface area contributed by atoms with Crippen LogP contribution in [0.1, 0.15) is 43.0 Å². The molecule has 2 atom stereocenters. The van der Waals surface area contributed by atoms with Crippen LogP contribution < -0.4 is 4.90 Å². The lowest BCUT2D eigenvalue weighted by atomic mass is 9.54. The molecule has 4 aromatic carbocycles. The number of ketones is 1. The van der Waals surface area contributed by atoms with Gasteiger partial charge in [-0.2, -0.15) is 0 Å². The van der Waals surface area contributed by atoms with Gasteiger partial charge in [0.25, 0.3) is 5.69 Å². The first kappa shape index (κ1) is 27.9. The fourth-order valence-corrected chi connectivity index (χ4v) is 7.86. The highest BCUT2D eigenvalue weighted by molar-refractivity contribution is 6.38. The zero-order valence-corrected chi connectivity index (χ0v) is 24.1. The standard InChI is InChI=1S/C33H20Cl2N2O7/c34-32-22-8-1-2-9-23(22)33(35,25-11-4-3-10-24(25)32)28-27(32)29(39)36(30(28)40)21-7-5-6-19(16-21)31(41)44-17-26(38)18-12-14-20(15-13-18)37(42)43/h1-16,27-28H,17H2/t27-,28+,32?,33?. The number of imide groups is 1. The highest BCUT2D eigenvalue weighted by Crippen LogP contribution is 2.69. The Morgan fingerprint density at radius 2 is 1.25 bits per heavy atom. The van der Waals surface area contributed by atoms with Gasteiger partial charge < -0.3 is 4.74 Å². The number of hydrogen-bond acceptors (Lipinski definition) is 7. The van der Waals surface area contributed by atoms with Crippen LogP contribution in [0.25, 0.3) is 0 Å². The SMILES string of the molecule is O=C(COC(=O)c1cccc(N2C(=O)[C@@H]3[C@H](C2=O)C2(Cl)c4ccccc4C3(Cl)c3ccccc32)c1)c1ccc([N+](=O)[O-])cc1. The molecule has 8 rings (SSSR count). The monoisotopic (exact) mass is 626 g/mol. The van der Waals surface area contributed by atoms with Crippen LogP contribution in [0.5, 0.6) is 0 Å². The molecule has 11 heteroatoms. The molecule has 4 aromatic rings. The molecular weight excluding hydrogens is 607 g/mol. The number of nitro groups is 1. The summed E-state index contributed by atoms with van der Waals surface area (Å²) in [5, 5.41) is 10.9. The van der Waals surface area contributed by atoms with E-state index in [0.717, 1.165) is 4.90 Å². The summed E-state index contributed by atoms with van der Waals surface area (Å²) in [4.78, 5) is 62.4. The Morgan fingerprint density at radius 3 is 1.73 bits per heavy atom. The number of Topliss-reactive ketones (excluding diaryl/α,β-unsaturated/α-hetero) is 1. The number of rotatable bonds is 6. The van der Waals surface area contributed by atoms with E-state index < -0.39 is 56.7 Å². The molecule has 2 bridgehead atoms. The number of alkyl halides is 2. The minimum absolute atomic E-state index is 0.00480. The molecule has 9 nitrogen and oxygen atoms in total. The highest BCUT2D eigenvalue weighted by Gasteiger charge is 2.73. The minimum atomic E-state index is -1.34. The molecule has 0 N–H and O–H groups in total. The first-order valence-electron chi connectivity index (χ1n) is 13.6. The number of carbonyl (C=O) groups is 4. The summed E-state index contributed by atoms with van der Waals surface area (Å²) in [6, 6.07) is 25.3. The second-order valence-electron chi connectivity index (χ2n) is 10.8. The van der Waals surface area contributed by atoms with E-state index in [1.807, 2.05) is 48.5 Å². The van der Waals surface area contributed by atoms with Crippen molar-refractivity contribution < 1.29 is 28.8 Å². The fraction of sp³-hybridized carbons (Fsp3) is 0.152. The van der Waals surface area contributed by atoms with Crippen molar-refractivity contribution in [2.24, 2.45) is 11.8 Å². The van der Waals surface area contributed by atoms with Crippen molar-refractivity contribution in [3.63, 3.8) is 0 Å². The van der Waals surface area contributed by atoms with Crippen LogP contribution in [0, 0.1) is 22.0 Å². The number of amides is 2. The maximum atomic E-state index is 14.2. The summed E-state index contributed by atoms with van der Waals surface area (Å²) in [5.41, 5.74) is 2.80. The Hall–Kier alpha value is -4.86. The first-order valence-corrected chi connectivity index (χ1v) is 14.3. The third-order valence-electron chi connectivity index (χ3n) is 8.66. The maximum Gasteiger partial charge on any atom is 0.338 e. The molecule has 0 radical (unpaired) electrons. The third kappa shape index (κ3) is 3.72. The van der Waals surface area contributed by atoms with Crippen molar-refractivity contribution in [2.75, 3.05) is 11.5 Å². The van der Waals surface area contributed by atoms with Gasteiger partial charge in [-0.05, 0) is 52.6 Å². The summed E-state index contributed by atoms with van der Waals surface area (Å²) < 4.78 is 5.20. The van der Waals surface area contributed by atoms with Crippen molar-refractivity contribution in [1.82, 2.24) is 0 Å². The quantitative estimate of drug-likeness (QED) is 0.0668. The Kier molecular flexibility index (Phi) is 6.25. The molecule has 1 heterocycles. The van der Waals surface area contributed by atoms with Crippen LogP contribution in [-0.4, -0.2) is 35.1 Å². The average molecular weight is 627 g/mol. The lowest BCUT2D eigenvalue weighted by Crippen LogP contribution is -2.57. The number of ether oxygens (including phenoxy) is 1. The van der Waals surface area contributed by atoms with Gasteiger partial charge in [0.1, 0.15) is 9.75 Å². The first-order chi connectivity index (χ1) is 21.1. The van der Waals surface area contributed by atoms with Gasteiger partial charge in [0.15, 0.2) is 12.4 Å². The largest absolute Gasteiger partial charge is 0.454 e. The summed E-state index contributed by atoms with van der Waals surface area (Å²) in [5.74, 6) is -4.51. The molecule has 0 aromatic heterocycles. The average Bonchev–Trinajstić information content (AvgIpc) is 3.33. The molecular formula is C33H20Cl2N2O7. The molecule has 1 aliphatic heterocycles. The zero-order chi connectivity index (χ0) is 31.0. The van der Waals surface area contributed by atoms with E-state index in [-0.39, 0.29) is 22.5 Å². The summed E-state index contributed by atoms with van der Waals surface area (Å²) in [6.45, 7) is -0.618. The molecule has 1 fully saturated rings. The van der Waals surface area contributed by atoms with E-state index in [1.165, 1.54) is 48.5 Å². The Bertz CT molecular complexity index is 1820. The van der Waals surface area contributed by atoms with Gasteiger partial charge in [-0.3, -0.25) is 24.5 Å². The van der Waals surface area contributed by atoms with Crippen LogP contribution in [0.3, 0.4) is 0 Å². The van der Waals surface area contributed by atoms with Gasteiger partial charge in [-0.15, -0.1) is 23.2 Å². The van der Waals surface area contributed by atoms with Gasteiger partial charge in [0, 0.05) is 17.7 Å². The van der Waals surface area contributed by atoms with Gasteiger partial charge in [-0.1, -0.05) is 54.6 Å². The maximum absolute atomic E-state index is 14.2. The molecule has 2 amide bonds. The predicted molar refractivity (Wildman–Crippen MR) is 160 cm³/mol. The second-order valence-corrected chi connectivity index (χ2v) is 12.0. The minimum Gasteiger partial charge on any atom is -0.454 e. The Labute approximate surface area is 260 Å². The van der Waals surface area contributed by atoms with Crippen LogP contribution in [0.4, 0.5) is 11.4 Å². The number of nitrogens with zero attached hydrogens (tertiary/aromatic N) is 2. The van der Waals surface area contributed by atoms with Crippen molar-refractivity contribution in [3.8, 4) is 0 Å². The molecule has 0 unspecified atom stereocenters. The van der Waals surface area contributed by atoms with E-state index in [4.69, 9.17) is 27.9 Å². The Morgan fingerprint density at radius 1 is 0.750 bits per heavy atom. The van der Waals surface area contributed by atoms with Crippen molar-refractivity contribution in [1.29, 1.82) is 0 Å². The summed E-state index contributed by atoms with van der Waals surface area (Å²) >= 11 is 14.9. The highest BCUT2D eigenvalue weighted by atomic mass is 35.5. The van der Waals surface area contributed by atoms with Gasteiger partial charge in [-0.25, -0.2) is 9.69 Å². The molecule has 44 heavy (non-hydrogen) atoms. The lowest BCUT2D eigenvalue weighted by Gasteiger charge is -2.54. The van der Waals surface area contributed by atoms with E-state index in [1.54, 1.807) is 0 Å². The number of esters is 1. The molecule has 4 aliphatic rings. The molecule has 218 valence electrons. The van der Waals surface area contributed by atoms with Gasteiger partial charge in [0.05, 0.1) is 28.0 Å². The smallest absolute Gasteiger partial charge is 0.338 e. The van der Waals surface area contributed by atoms with Crippen LogP contribution >= 0.6 is 23.2 Å². The predicted octanol–water partition coefficient (Wildman–Crippen LogP) is 5.73. The Balaban J connectivity index is 1.19. The molecule has 1 saturated heterocycles. The third-order valence-corrected chi connectivity index (χ3v) is 9.94. The molecule has 0 saturated carbocycles. The fourth-order valence-electron chi connectivity index (χ4n) is 6.76.